The third kappa shape index (κ3) is 5.56. The van der Waals surface area contributed by atoms with E-state index in [0.29, 0.717) is 23.9 Å². The van der Waals surface area contributed by atoms with Crippen molar-refractivity contribution >= 4 is 17.7 Å². The van der Waals surface area contributed by atoms with Crippen molar-refractivity contribution in [1.29, 1.82) is 0 Å². The molecule has 1 saturated carbocycles. The molecular formula is C20H27N3O4S. The minimum atomic E-state index is -0.499. The summed E-state index contributed by atoms with van der Waals surface area (Å²) >= 11 is 1.35. The molecule has 1 aliphatic carbocycles. The lowest BCUT2D eigenvalue weighted by atomic mass is 9.91. The molecule has 1 amide bonds. The molecule has 7 nitrogen and oxygen atoms in total. The van der Waals surface area contributed by atoms with Gasteiger partial charge in [0.1, 0.15) is 5.03 Å². The van der Waals surface area contributed by atoms with E-state index in [1.54, 1.807) is 0 Å². The zero-order valence-corrected chi connectivity index (χ0v) is 16.9. The Hall–Kier alpha value is -1.90. The van der Waals surface area contributed by atoms with Gasteiger partial charge in [0.25, 0.3) is 6.20 Å². The fourth-order valence-corrected chi connectivity index (χ4v) is 4.72. The van der Waals surface area contributed by atoms with E-state index in [4.69, 9.17) is 4.74 Å². The normalized spacial score (nSPS) is 25.0. The van der Waals surface area contributed by atoms with Gasteiger partial charge >= 0.3 is 0 Å². The molecule has 8 heteroatoms. The second-order valence-electron chi connectivity index (χ2n) is 7.21. The van der Waals surface area contributed by atoms with Crippen molar-refractivity contribution in [2.75, 3.05) is 12.3 Å². The summed E-state index contributed by atoms with van der Waals surface area (Å²) < 4.78 is 6.17. The number of carbonyl (C=O) groups excluding carboxylic acids is 1. The summed E-state index contributed by atoms with van der Waals surface area (Å²) in [6, 6.07) is 9.77. The second kappa shape index (κ2) is 10.0. The number of thioether (sulfide) groups is 1. The van der Waals surface area contributed by atoms with Gasteiger partial charge in [-0.15, -0.1) is 11.8 Å². The molecule has 3 atom stereocenters. The van der Waals surface area contributed by atoms with E-state index in [1.807, 2.05) is 37.3 Å². The Kier molecular flexibility index (Phi) is 7.47. The van der Waals surface area contributed by atoms with Crippen molar-refractivity contribution in [2.24, 2.45) is 0 Å². The monoisotopic (exact) mass is 405 g/mol. The number of nitrogens with one attached hydrogen (secondary N) is 1. The van der Waals surface area contributed by atoms with Crippen LogP contribution >= 0.6 is 11.8 Å². The average Bonchev–Trinajstić information content (AvgIpc) is 3.14. The molecule has 1 aliphatic heterocycles. The topological polar surface area (TPSA) is 84.7 Å². The summed E-state index contributed by atoms with van der Waals surface area (Å²) in [7, 11) is 0. The molecule has 28 heavy (non-hydrogen) atoms. The summed E-state index contributed by atoms with van der Waals surface area (Å²) in [5.41, 5.74) is 1.14. The molecular weight excluding hydrogens is 378 g/mol. The van der Waals surface area contributed by atoms with Gasteiger partial charge < -0.3 is 10.1 Å². The Bertz CT molecular complexity index is 713. The van der Waals surface area contributed by atoms with Gasteiger partial charge in [0.15, 0.2) is 0 Å². The summed E-state index contributed by atoms with van der Waals surface area (Å²) in [6.07, 6.45) is 5.15. The fourth-order valence-electron chi connectivity index (χ4n) is 3.74. The van der Waals surface area contributed by atoms with Crippen LogP contribution in [0.3, 0.4) is 0 Å². The van der Waals surface area contributed by atoms with E-state index in [0.717, 1.165) is 37.4 Å². The first kappa shape index (κ1) is 20.8. The summed E-state index contributed by atoms with van der Waals surface area (Å²) in [5.74, 6) is 0.565. The first-order valence-corrected chi connectivity index (χ1v) is 10.7. The number of ether oxygens (including phenoxy) is 1. The maximum Gasteiger partial charge on any atom is 0.264 e. The molecule has 2 fully saturated rings. The third-order valence-corrected chi connectivity index (χ3v) is 6.16. The maximum atomic E-state index is 12.8. The van der Waals surface area contributed by atoms with Crippen molar-refractivity contribution in [1.82, 2.24) is 10.2 Å². The predicted molar refractivity (Wildman–Crippen MR) is 109 cm³/mol. The Morgan fingerprint density at radius 2 is 2.14 bits per heavy atom. The summed E-state index contributed by atoms with van der Waals surface area (Å²) in [5, 5.41) is 14.6. The van der Waals surface area contributed by atoms with Crippen LogP contribution in [0, 0.1) is 10.1 Å². The zero-order chi connectivity index (χ0) is 19.9. The number of nitro groups is 1. The molecule has 1 heterocycles. The summed E-state index contributed by atoms with van der Waals surface area (Å²) in [6.45, 7) is 2.90. The SMILES string of the molecule is CC(N[C@@H]1CCCC[C@H]1OCc1ccccc1)C(=O)N1CCS/C1=C\[N+](=O)[O-]. The Morgan fingerprint density at radius 1 is 1.39 bits per heavy atom. The lowest BCUT2D eigenvalue weighted by Crippen LogP contribution is -2.52. The molecule has 1 saturated heterocycles. The fraction of sp³-hybridized carbons (Fsp3) is 0.550. The minimum absolute atomic E-state index is 0.0611. The minimum Gasteiger partial charge on any atom is -0.372 e. The van der Waals surface area contributed by atoms with Crippen LogP contribution in [0.1, 0.15) is 38.2 Å². The molecule has 1 unspecified atom stereocenters. The van der Waals surface area contributed by atoms with Gasteiger partial charge in [0.2, 0.25) is 5.91 Å². The summed E-state index contributed by atoms with van der Waals surface area (Å²) in [4.78, 5) is 24.7. The van der Waals surface area contributed by atoms with Gasteiger partial charge in [-0.1, -0.05) is 43.2 Å². The molecule has 152 valence electrons. The largest absolute Gasteiger partial charge is 0.372 e. The lowest BCUT2D eigenvalue weighted by molar-refractivity contribution is -0.403. The second-order valence-corrected chi connectivity index (χ2v) is 8.32. The van der Waals surface area contributed by atoms with Crippen LogP contribution in [-0.4, -0.2) is 46.2 Å². The van der Waals surface area contributed by atoms with Gasteiger partial charge in [-0.3, -0.25) is 19.8 Å². The number of carbonyl (C=O) groups is 1. The van der Waals surface area contributed by atoms with E-state index < -0.39 is 11.0 Å². The number of nitrogens with zero attached hydrogens (tertiary/aromatic N) is 2. The number of benzene rings is 1. The van der Waals surface area contributed by atoms with Crippen LogP contribution in [0.25, 0.3) is 0 Å². The van der Waals surface area contributed by atoms with Crippen LogP contribution in [0.4, 0.5) is 0 Å². The van der Waals surface area contributed by atoms with Gasteiger partial charge in [-0.2, -0.15) is 0 Å². The number of hydrogen-bond donors (Lipinski definition) is 1. The molecule has 0 aromatic heterocycles. The lowest BCUT2D eigenvalue weighted by Gasteiger charge is -2.34. The smallest absolute Gasteiger partial charge is 0.264 e. The average molecular weight is 406 g/mol. The molecule has 1 aromatic carbocycles. The van der Waals surface area contributed by atoms with E-state index in [1.165, 1.54) is 16.7 Å². The van der Waals surface area contributed by atoms with E-state index in [-0.39, 0.29) is 18.1 Å². The first-order chi connectivity index (χ1) is 13.5. The van der Waals surface area contributed by atoms with Gasteiger partial charge in [-0.25, -0.2) is 0 Å². The Labute approximate surface area is 169 Å². The Balaban J connectivity index is 1.58. The van der Waals surface area contributed by atoms with Gasteiger partial charge in [-0.05, 0) is 25.3 Å². The van der Waals surface area contributed by atoms with Crippen LogP contribution in [0.5, 0.6) is 0 Å². The van der Waals surface area contributed by atoms with Crippen LogP contribution < -0.4 is 5.32 Å². The first-order valence-electron chi connectivity index (χ1n) is 9.75. The molecule has 3 rings (SSSR count). The maximum absolute atomic E-state index is 12.8. The molecule has 1 aromatic rings. The Morgan fingerprint density at radius 3 is 2.89 bits per heavy atom. The van der Waals surface area contributed by atoms with E-state index >= 15 is 0 Å². The van der Waals surface area contributed by atoms with Crippen molar-refractivity contribution < 1.29 is 14.5 Å². The van der Waals surface area contributed by atoms with Crippen LogP contribution in [0.2, 0.25) is 0 Å². The zero-order valence-electron chi connectivity index (χ0n) is 16.1. The highest BCUT2D eigenvalue weighted by Crippen LogP contribution is 2.29. The van der Waals surface area contributed by atoms with Crippen molar-refractivity contribution in [3.63, 3.8) is 0 Å². The standard InChI is InChI=1S/C20H27N3O4S/c1-15(20(24)22-11-12-28-19(22)13-23(25)26)21-17-9-5-6-10-18(17)27-14-16-7-3-2-4-8-16/h2-4,7-8,13,15,17-18,21H,5-6,9-12,14H2,1H3/b19-13-/t15?,17-,18-/m1/s1. The van der Waals surface area contributed by atoms with E-state index in [9.17, 15) is 14.9 Å². The highest BCUT2D eigenvalue weighted by Gasteiger charge is 2.33. The quantitative estimate of drug-likeness (QED) is 0.554. The predicted octanol–water partition coefficient (Wildman–Crippen LogP) is 3.14. The van der Waals surface area contributed by atoms with Crippen molar-refractivity contribution in [2.45, 2.75) is 57.4 Å². The van der Waals surface area contributed by atoms with Gasteiger partial charge in [0.05, 0.1) is 23.7 Å². The molecule has 0 spiro atoms. The van der Waals surface area contributed by atoms with Gasteiger partial charge in [0, 0.05) is 18.3 Å². The molecule has 2 aliphatic rings. The number of hydrogen-bond acceptors (Lipinski definition) is 6. The van der Waals surface area contributed by atoms with E-state index in [2.05, 4.69) is 5.32 Å². The highest BCUT2D eigenvalue weighted by atomic mass is 32.2. The number of amides is 1. The third-order valence-electron chi connectivity index (χ3n) is 5.16. The van der Waals surface area contributed by atoms with Crippen LogP contribution in [0.15, 0.2) is 41.6 Å². The van der Waals surface area contributed by atoms with Crippen molar-refractivity contribution in [3.05, 3.63) is 57.2 Å². The number of rotatable bonds is 7. The van der Waals surface area contributed by atoms with Crippen LogP contribution in [-0.2, 0) is 16.1 Å². The molecule has 1 N–H and O–H groups in total. The van der Waals surface area contributed by atoms with Crippen molar-refractivity contribution in [3.8, 4) is 0 Å². The molecule has 0 radical (unpaired) electrons. The molecule has 0 bridgehead atoms. The highest BCUT2D eigenvalue weighted by molar-refractivity contribution is 8.03.